The van der Waals surface area contributed by atoms with Gasteiger partial charge >= 0.3 is 5.97 Å². The van der Waals surface area contributed by atoms with E-state index in [-0.39, 0.29) is 5.69 Å². The molecule has 12 heavy (non-hydrogen) atoms. The van der Waals surface area contributed by atoms with Crippen LogP contribution in [-0.4, -0.2) is 18.1 Å². The number of carbonyl (C=O) groups excluding carboxylic acids is 1. The molecule has 0 spiro atoms. The molecule has 0 N–H and O–H groups in total. The number of hydrogen-bond donors (Lipinski definition) is 0. The Balaban J connectivity index is 2.84. The Morgan fingerprint density at radius 1 is 1.83 bits per heavy atom. The van der Waals surface area contributed by atoms with Gasteiger partial charge in [0.05, 0.1) is 7.11 Å². The Labute approximate surface area is 77.4 Å². The number of aromatic nitrogens is 1. The molecule has 0 aliphatic rings. The van der Waals surface area contributed by atoms with Gasteiger partial charge in [0, 0.05) is 6.08 Å². The van der Waals surface area contributed by atoms with Crippen molar-refractivity contribution in [3.05, 3.63) is 22.8 Å². The highest BCUT2D eigenvalue weighted by Gasteiger charge is 2.09. The van der Waals surface area contributed by atoms with Gasteiger partial charge in [0.25, 0.3) is 0 Å². The lowest BCUT2D eigenvalue weighted by atomic mass is 10.5. The van der Waals surface area contributed by atoms with E-state index in [4.69, 9.17) is 4.42 Å². The van der Waals surface area contributed by atoms with Crippen molar-refractivity contribution in [3.8, 4) is 0 Å². The van der Waals surface area contributed by atoms with Crippen molar-refractivity contribution in [1.29, 1.82) is 0 Å². The van der Waals surface area contributed by atoms with Gasteiger partial charge in [-0.1, -0.05) is 15.9 Å². The van der Waals surface area contributed by atoms with Crippen molar-refractivity contribution >= 4 is 28.0 Å². The lowest BCUT2D eigenvalue weighted by molar-refractivity contribution is 0.0594. The Morgan fingerprint density at radius 2 is 2.58 bits per heavy atom. The number of oxazole rings is 1. The SMILES string of the molecule is COC(=O)c1coc(/C=C\Br)n1. The molecule has 0 unspecified atom stereocenters. The summed E-state index contributed by atoms with van der Waals surface area (Å²) in [7, 11) is 1.29. The molecule has 64 valence electrons. The molecule has 0 amide bonds. The highest BCUT2D eigenvalue weighted by atomic mass is 79.9. The molecule has 1 aromatic rings. The van der Waals surface area contributed by atoms with Gasteiger partial charge in [0.1, 0.15) is 6.26 Å². The van der Waals surface area contributed by atoms with Crippen molar-refractivity contribution in [2.75, 3.05) is 7.11 Å². The number of ether oxygens (including phenoxy) is 1. The molecule has 0 fully saturated rings. The molecule has 0 saturated carbocycles. The molecule has 0 atom stereocenters. The summed E-state index contributed by atoms with van der Waals surface area (Å²) in [6, 6.07) is 0. The predicted octanol–water partition coefficient (Wildman–Crippen LogP) is 1.83. The van der Waals surface area contributed by atoms with Gasteiger partial charge in [-0.25, -0.2) is 9.78 Å². The Hall–Kier alpha value is -1.10. The largest absolute Gasteiger partial charge is 0.464 e. The second kappa shape index (κ2) is 4.06. The van der Waals surface area contributed by atoms with E-state index < -0.39 is 5.97 Å². The summed E-state index contributed by atoms with van der Waals surface area (Å²) in [4.78, 5) is 16.2. The van der Waals surface area contributed by atoms with Gasteiger partial charge in [0.15, 0.2) is 5.69 Å². The zero-order valence-electron chi connectivity index (χ0n) is 6.28. The fourth-order valence-corrected chi connectivity index (χ4v) is 0.843. The third-order valence-electron chi connectivity index (χ3n) is 1.12. The maximum Gasteiger partial charge on any atom is 0.360 e. The van der Waals surface area contributed by atoms with E-state index in [1.807, 2.05) is 0 Å². The zero-order chi connectivity index (χ0) is 8.97. The molecule has 0 aromatic carbocycles. The first kappa shape index (κ1) is 8.99. The van der Waals surface area contributed by atoms with Crippen LogP contribution in [0.2, 0.25) is 0 Å². The van der Waals surface area contributed by atoms with Crippen LogP contribution in [0.5, 0.6) is 0 Å². The number of esters is 1. The predicted molar refractivity (Wildman–Crippen MR) is 45.8 cm³/mol. The summed E-state index contributed by atoms with van der Waals surface area (Å²) in [5.74, 6) is -0.153. The molecule has 1 rings (SSSR count). The third kappa shape index (κ3) is 1.94. The summed E-state index contributed by atoms with van der Waals surface area (Å²) in [6.07, 6.45) is 2.82. The fraction of sp³-hybridized carbons (Fsp3) is 0.143. The maximum atomic E-state index is 10.9. The molecule has 1 aromatic heterocycles. The minimum atomic E-state index is -0.507. The molecule has 1 heterocycles. The molecule has 0 aliphatic carbocycles. The van der Waals surface area contributed by atoms with Crippen molar-refractivity contribution in [1.82, 2.24) is 4.98 Å². The van der Waals surface area contributed by atoms with Gasteiger partial charge in [-0.2, -0.15) is 0 Å². The van der Waals surface area contributed by atoms with Crippen molar-refractivity contribution < 1.29 is 13.9 Å². The lowest BCUT2D eigenvalue weighted by Gasteiger charge is -1.88. The van der Waals surface area contributed by atoms with Gasteiger partial charge in [-0.15, -0.1) is 0 Å². The Morgan fingerprint density at radius 3 is 3.17 bits per heavy atom. The molecule has 0 bridgehead atoms. The number of methoxy groups -OCH3 is 1. The van der Waals surface area contributed by atoms with Gasteiger partial charge < -0.3 is 9.15 Å². The summed E-state index contributed by atoms with van der Waals surface area (Å²) >= 11 is 3.05. The minimum Gasteiger partial charge on any atom is -0.464 e. The summed E-state index contributed by atoms with van der Waals surface area (Å²) in [5.41, 5.74) is 0.165. The van der Waals surface area contributed by atoms with Crippen molar-refractivity contribution in [2.45, 2.75) is 0 Å². The molecular formula is C7H6BrNO3. The number of hydrogen-bond acceptors (Lipinski definition) is 4. The lowest BCUT2D eigenvalue weighted by Crippen LogP contribution is -2.00. The fourth-order valence-electron chi connectivity index (χ4n) is 0.616. The summed E-state index contributed by atoms with van der Waals surface area (Å²) in [6.45, 7) is 0. The average Bonchev–Trinajstić information content (AvgIpc) is 2.52. The molecule has 0 saturated heterocycles. The van der Waals surface area contributed by atoms with E-state index in [0.717, 1.165) is 0 Å². The van der Waals surface area contributed by atoms with Gasteiger partial charge in [0.2, 0.25) is 5.89 Å². The van der Waals surface area contributed by atoms with Crippen LogP contribution >= 0.6 is 15.9 Å². The Kier molecular flexibility index (Phi) is 3.04. The molecule has 4 nitrogen and oxygen atoms in total. The van der Waals surface area contributed by atoms with Crippen LogP contribution in [0.25, 0.3) is 6.08 Å². The highest BCUT2D eigenvalue weighted by Crippen LogP contribution is 2.05. The van der Waals surface area contributed by atoms with Crippen LogP contribution in [0, 0.1) is 0 Å². The van der Waals surface area contributed by atoms with Crippen LogP contribution in [-0.2, 0) is 4.74 Å². The normalized spacial score (nSPS) is 10.5. The van der Waals surface area contributed by atoms with E-state index in [9.17, 15) is 4.79 Å². The molecule has 5 heteroatoms. The van der Waals surface area contributed by atoms with E-state index in [1.54, 1.807) is 11.1 Å². The van der Waals surface area contributed by atoms with Crippen LogP contribution in [0.4, 0.5) is 0 Å². The van der Waals surface area contributed by atoms with E-state index >= 15 is 0 Å². The van der Waals surface area contributed by atoms with Crippen LogP contribution in [0.3, 0.4) is 0 Å². The van der Waals surface area contributed by atoms with Gasteiger partial charge in [-0.05, 0) is 4.99 Å². The van der Waals surface area contributed by atoms with Crippen LogP contribution in [0.1, 0.15) is 16.4 Å². The first-order valence-corrected chi connectivity index (χ1v) is 4.00. The van der Waals surface area contributed by atoms with E-state index in [0.29, 0.717) is 5.89 Å². The quantitative estimate of drug-likeness (QED) is 0.730. The first-order valence-electron chi connectivity index (χ1n) is 3.08. The number of carbonyl (C=O) groups is 1. The smallest absolute Gasteiger partial charge is 0.360 e. The summed E-state index contributed by atoms with van der Waals surface area (Å²) in [5, 5.41) is 0. The molecular weight excluding hydrogens is 226 g/mol. The first-order chi connectivity index (χ1) is 5.77. The Bertz CT molecular complexity index is 305. The zero-order valence-corrected chi connectivity index (χ0v) is 7.87. The van der Waals surface area contributed by atoms with Gasteiger partial charge in [-0.3, -0.25) is 0 Å². The van der Waals surface area contributed by atoms with E-state index in [2.05, 4.69) is 25.7 Å². The van der Waals surface area contributed by atoms with Crippen molar-refractivity contribution in [2.24, 2.45) is 0 Å². The average molecular weight is 232 g/mol. The highest BCUT2D eigenvalue weighted by molar-refractivity contribution is 9.11. The minimum absolute atomic E-state index is 0.165. The topological polar surface area (TPSA) is 52.3 Å². The van der Waals surface area contributed by atoms with Crippen LogP contribution in [0.15, 0.2) is 15.7 Å². The number of halogens is 1. The third-order valence-corrected chi connectivity index (χ3v) is 1.39. The van der Waals surface area contributed by atoms with E-state index in [1.165, 1.54) is 13.4 Å². The maximum absolute atomic E-state index is 10.9. The standard InChI is InChI=1S/C7H6BrNO3/c1-11-7(10)5-4-12-6(9-5)2-3-8/h2-4H,1H3/b3-2-. The number of rotatable bonds is 2. The monoisotopic (exact) mass is 231 g/mol. The second-order valence-electron chi connectivity index (χ2n) is 1.86. The molecule has 0 aliphatic heterocycles. The number of nitrogens with zero attached hydrogens (tertiary/aromatic N) is 1. The second-order valence-corrected chi connectivity index (χ2v) is 2.38. The molecule has 0 radical (unpaired) electrons. The summed E-state index contributed by atoms with van der Waals surface area (Å²) < 4.78 is 9.33. The van der Waals surface area contributed by atoms with Crippen LogP contribution < -0.4 is 0 Å². The van der Waals surface area contributed by atoms with Crippen molar-refractivity contribution in [3.63, 3.8) is 0 Å².